The van der Waals surface area contributed by atoms with E-state index in [1.165, 1.54) is 12.3 Å². The number of carbonyl (C=O) groups is 1. The molecule has 0 atom stereocenters. The van der Waals surface area contributed by atoms with E-state index in [2.05, 4.69) is 0 Å². The number of nitro benzene ring substituents is 1. The third-order valence-corrected chi connectivity index (χ3v) is 3.65. The summed E-state index contributed by atoms with van der Waals surface area (Å²) >= 11 is 5.93. The van der Waals surface area contributed by atoms with Crippen LogP contribution < -0.4 is 5.43 Å². The standard InChI is InChI=1S/C15H15ClN2O5/c1-4-23-15(20)10-7-17(8(2)3)12-6-11(16)13(18(21)22)5-9(12)14(10)19/h5-8H,4H2,1-3H3. The molecule has 0 aliphatic heterocycles. The van der Waals surface area contributed by atoms with E-state index in [-0.39, 0.29) is 34.3 Å². The van der Waals surface area contributed by atoms with Gasteiger partial charge in [0, 0.05) is 18.3 Å². The third-order valence-electron chi connectivity index (χ3n) is 3.35. The minimum Gasteiger partial charge on any atom is -0.462 e. The predicted octanol–water partition coefficient (Wildman–Crippen LogP) is 3.32. The van der Waals surface area contributed by atoms with E-state index in [1.54, 1.807) is 11.5 Å². The van der Waals surface area contributed by atoms with Gasteiger partial charge in [0.25, 0.3) is 5.69 Å². The third kappa shape index (κ3) is 3.05. The first-order valence-electron chi connectivity index (χ1n) is 6.97. The molecule has 0 saturated heterocycles. The van der Waals surface area contributed by atoms with Crippen LogP contribution in [0.1, 0.15) is 37.2 Å². The second-order valence-corrected chi connectivity index (χ2v) is 5.58. The molecule has 0 unspecified atom stereocenters. The van der Waals surface area contributed by atoms with Crippen molar-refractivity contribution in [3.63, 3.8) is 0 Å². The number of esters is 1. The number of hydrogen-bond acceptors (Lipinski definition) is 5. The highest BCUT2D eigenvalue weighted by molar-refractivity contribution is 6.33. The summed E-state index contributed by atoms with van der Waals surface area (Å²) in [6.45, 7) is 5.46. The van der Waals surface area contributed by atoms with Gasteiger partial charge in [-0.25, -0.2) is 4.79 Å². The van der Waals surface area contributed by atoms with Crippen LogP contribution in [0.15, 0.2) is 23.1 Å². The number of aromatic nitrogens is 1. The molecular formula is C15H15ClN2O5. The first kappa shape index (κ1) is 17.0. The Hall–Kier alpha value is -2.41. The van der Waals surface area contributed by atoms with E-state index in [4.69, 9.17) is 16.3 Å². The monoisotopic (exact) mass is 338 g/mol. The Morgan fingerprint density at radius 1 is 1.43 bits per heavy atom. The Kier molecular flexibility index (Phi) is 4.70. The van der Waals surface area contributed by atoms with Crippen molar-refractivity contribution in [2.75, 3.05) is 6.61 Å². The van der Waals surface area contributed by atoms with Crippen molar-refractivity contribution in [1.29, 1.82) is 0 Å². The molecule has 0 fully saturated rings. The van der Waals surface area contributed by atoms with Crippen molar-refractivity contribution >= 4 is 34.2 Å². The number of pyridine rings is 1. The molecule has 0 radical (unpaired) electrons. The number of nitrogens with zero attached hydrogens (tertiary/aromatic N) is 2. The molecule has 0 aliphatic rings. The summed E-state index contributed by atoms with van der Waals surface area (Å²) in [5.74, 6) is -0.758. The van der Waals surface area contributed by atoms with Crippen LogP contribution in [-0.2, 0) is 4.74 Å². The molecule has 0 bridgehead atoms. The number of hydrogen-bond donors (Lipinski definition) is 0. The van der Waals surface area contributed by atoms with Crippen molar-refractivity contribution in [2.45, 2.75) is 26.8 Å². The number of halogens is 1. The van der Waals surface area contributed by atoms with Crippen LogP contribution in [0.3, 0.4) is 0 Å². The highest BCUT2D eigenvalue weighted by Gasteiger charge is 2.22. The van der Waals surface area contributed by atoms with E-state index in [0.717, 1.165) is 6.07 Å². The highest BCUT2D eigenvalue weighted by Crippen LogP contribution is 2.30. The van der Waals surface area contributed by atoms with E-state index in [9.17, 15) is 19.7 Å². The fraction of sp³-hybridized carbons (Fsp3) is 0.333. The average molecular weight is 339 g/mol. The van der Waals surface area contributed by atoms with Crippen molar-refractivity contribution in [3.8, 4) is 0 Å². The molecule has 1 aromatic heterocycles. The largest absolute Gasteiger partial charge is 0.462 e. The number of nitro groups is 1. The zero-order valence-electron chi connectivity index (χ0n) is 12.8. The highest BCUT2D eigenvalue weighted by atomic mass is 35.5. The summed E-state index contributed by atoms with van der Waals surface area (Å²) < 4.78 is 6.55. The molecule has 0 saturated carbocycles. The Bertz CT molecular complexity index is 857. The van der Waals surface area contributed by atoms with Gasteiger partial charge in [-0.3, -0.25) is 14.9 Å². The fourth-order valence-electron chi connectivity index (χ4n) is 2.28. The van der Waals surface area contributed by atoms with E-state index >= 15 is 0 Å². The van der Waals surface area contributed by atoms with Crippen molar-refractivity contribution in [2.24, 2.45) is 0 Å². The van der Waals surface area contributed by atoms with Gasteiger partial charge in [0.1, 0.15) is 10.6 Å². The summed E-state index contributed by atoms with van der Waals surface area (Å²) in [7, 11) is 0. The van der Waals surface area contributed by atoms with Gasteiger partial charge in [-0.15, -0.1) is 0 Å². The van der Waals surface area contributed by atoms with Gasteiger partial charge >= 0.3 is 5.97 Å². The molecule has 8 heteroatoms. The Balaban J connectivity index is 2.90. The Labute approximate surface area is 136 Å². The van der Waals surface area contributed by atoms with Crippen molar-refractivity contribution < 1.29 is 14.5 Å². The van der Waals surface area contributed by atoms with E-state index in [1.807, 2.05) is 13.8 Å². The summed E-state index contributed by atoms with van der Waals surface area (Å²) in [6.07, 6.45) is 1.40. The number of ether oxygens (including phenoxy) is 1. The fourth-order valence-corrected chi connectivity index (χ4v) is 2.51. The van der Waals surface area contributed by atoms with Gasteiger partial charge in [-0.1, -0.05) is 11.6 Å². The molecular weight excluding hydrogens is 324 g/mol. The van der Waals surface area contributed by atoms with Crippen LogP contribution in [0.25, 0.3) is 10.9 Å². The molecule has 0 amide bonds. The van der Waals surface area contributed by atoms with Gasteiger partial charge in [0.05, 0.1) is 22.4 Å². The first-order valence-corrected chi connectivity index (χ1v) is 7.35. The molecule has 122 valence electrons. The Morgan fingerprint density at radius 3 is 2.61 bits per heavy atom. The van der Waals surface area contributed by atoms with Gasteiger partial charge in [-0.05, 0) is 26.8 Å². The lowest BCUT2D eigenvalue weighted by molar-refractivity contribution is -0.384. The number of fused-ring (bicyclic) bond motifs is 1. The molecule has 0 spiro atoms. The number of rotatable bonds is 4. The lowest BCUT2D eigenvalue weighted by Gasteiger charge is -2.16. The minimum absolute atomic E-state index is 0.0559. The molecule has 0 N–H and O–H groups in total. The second kappa shape index (κ2) is 6.37. The molecule has 2 rings (SSSR count). The van der Waals surface area contributed by atoms with Crippen molar-refractivity contribution in [1.82, 2.24) is 4.57 Å². The topological polar surface area (TPSA) is 91.4 Å². The van der Waals surface area contributed by atoms with Crippen LogP contribution in [-0.4, -0.2) is 22.1 Å². The summed E-state index contributed by atoms with van der Waals surface area (Å²) in [4.78, 5) is 34.9. The van der Waals surface area contributed by atoms with Gasteiger partial charge < -0.3 is 9.30 Å². The second-order valence-electron chi connectivity index (χ2n) is 5.17. The maximum atomic E-state index is 12.5. The summed E-state index contributed by atoms with van der Waals surface area (Å²) in [5.41, 5.74) is -0.735. The number of carbonyl (C=O) groups excluding carboxylic acids is 1. The van der Waals surface area contributed by atoms with E-state index < -0.39 is 16.3 Å². The van der Waals surface area contributed by atoms with Crippen LogP contribution in [0.2, 0.25) is 5.02 Å². The normalized spacial score (nSPS) is 11.0. The molecule has 1 aromatic carbocycles. The van der Waals surface area contributed by atoms with Crippen LogP contribution in [0, 0.1) is 10.1 Å². The average Bonchev–Trinajstić information content (AvgIpc) is 2.46. The first-order chi connectivity index (χ1) is 10.8. The summed E-state index contributed by atoms with van der Waals surface area (Å²) in [6, 6.07) is 2.37. The SMILES string of the molecule is CCOC(=O)c1cn(C(C)C)c2cc(Cl)c([N+](=O)[O-])cc2c1=O. The van der Waals surface area contributed by atoms with Crippen LogP contribution in [0.4, 0.5) is 5.69 Å². The maximum Gasteiger partial charge on any atom is 0.343 e. The zero-order chi connectivity index (χ0) is 17.3. The lowest BCUT2D eigenvalue weighted by atomic mass is 10.1. The quantitative estimate of drug-likeness (QED) is 0.484. The van der Waals surface area contributed by atoms with Gasteiger partial charge in [-0.2, -0.15) is 0 Å². The van der Waals surface area contributed by atoms with Crippen LogP contribution in [0.5, 0.6) is 0 Å². The molecule has 2 aromatic rings. The maximum absolute atomic E-state index is 12.5. The van der Waals surface area contributed by atoms with Crippen molar-refractivity contribution in [3.05, 3.63) is 49.3 Å². The Morgan fingerprint density at radius 2 is 2.09 bits per heavy atom. The minimum atomic E-state index is -0.758. The van der Waals surface area contributed by atoms with Crippen LogP contribution >= 0.6 is 11.6 Å². The zero-order valence-corrected chi connectivity index (χ0v) is 13.6. The smallest absolute Gasteiger partial charge is 0.343 e. The molecule has 1 heterocycles. The molecule has 0 aliphatic carbocycles. The molecule has 23 heavy (non-hydrogen) atoms. The summed E-state index contributed by atoms with van der Waals surface area (Å²) in [5, 5.41) is 11.0. The number of benzene rings is 1. The van der Waals surface area contributed by atoms with E-state index in [0.29, 0.717) is 5.52 Å². The predicted molar refractivity (Wildman–Crippen MR) is 86.2 cm³/mol. The van der Waals surface area contributed by atoms with Gasteiger partial charge in [0.2, 0.25) is 5.43 Å². The lowest BCUT2D eigenvalue weighted by Crippen LogP contribution is -2.21. The molecule has 7 nitrogen and oxygen atoms in total. The van der Waals surface area contributed by atoms with Gasteiger partial charge in [0.15, 0.2) is 0 Å².